The van der Waals surface area contributed by atoms with Gasteiger partial charge in [0.15, 0.2) is 10.2 Å². The van der Waals surface area contributed by atoms with Crippen LogP contribution in [0.3, 0.4) is 0 Å². The Balaban J connectivity index is 1.73. The van der Waals surface area contributed by atoms with Gasteiger partial charge < -0.3 is 4.90 Å². The molecule has 2 aromatic carbocycles. The van der Waals surface area contributed by atoms with Gasteiger partial charge in [-0.05, 0) is 47.7 Å². The normalized spacial score (nSPS) is 28.7. The molecule has 4 heterocycles. The fraction of sp³-hybridized carbons (Fsp3) is 0.360. The third-order valence-corrected chi connectivity index (χ3v) is 13.6. The first kappa shape index (κ1) is 27.7. The molecule has 206 valence electrons. The molecule has 5 atom stereocenters. The first-order valence-corrected chi connectivity index (χ1v) is 19.4. The highest BCUT2D eigenvalue weighted by atomic mass is 33.1. The molecule has 6 rings (SSSR count). The van der Waals surface area contributed by atoms with Gasteiger partial charge in [-0.25, -0.2) is 8.51 Å². The van der Waals surface area contributed by atoms with Crippen LogP contribution in [0, 0.1) is 0 Å². The van der Waals surface area contributed by atoms with Crippen molar-refractivity contribution in [2.75, 3.05) is 30.1 Å². The number of benzene rings is 2. The van der Waals surface area contributed by atoms with Crippen molar-refractivity contribution in [2.24, 2.45) is 0 Å². The largest absolute Gasteiger partial charge is 0.322 e. The number of rotatable bonds is 7. The number of carbonyl (C=O) groups is 2. The quantitative estimate of drug-likeness (QED) is 0.281. The lowest BCUT2D eigenvalue weighted by atomic mass is 9.72. The van der Waals surface area contributed by atoms with Crippen molar-refractivity contribution in [3.8, 4) is 0 Å². The highest BCUT2D eigenvalue weighted by Gasteiger charge is 2.75. The molecule has 2 amide bonds. The Bertz CT molecular complexity index is 1520. The SMILES string of the molecule is CSS[C@H]1C(=O)N2[C@H]3N(S(=O)O)c4ccccc4[C@@]3(c3cn(SC)c4ccccc34)C[C@]2(SSC)C(=O)N1C. The molecule has 0 aliphatic carbocycles. The van der Waals surface area contributed by atoms with Crippen molar-refractivity contribution in [1.82, 2.24) is 13.8 Å². The van der Waals surface area contributed by atoms with E-state index in [0.717, 1.165) is 22.0 Å². The van der Waals surface area contributed by atoms with Crippen LogP contribution in [-0.2, 0) is 26.3 Å². The van der Waals surface area contributed by atoms with Gasteiger partial charge in [-0.3, -0.25) is 23.0 Å². The zero-order valence-electron chi connectivity index (χ0n) is 21.5. The van der Waals surface area contributed by atoms with Gasteiger partial charge in [-0.2, -0.15) is 0 Å². The maximum atomic E-state index is 14.5. The topological polar surface area (TPSA) is 86.1 Å². The van der Waals surface area contributed by atoms with Crippen LogP contribution in [0.1, 0.15) is 17.5 Å². The Kier molecular flexibility index (Phi) is 7.21. The lowest BCUT2D eigenvalue weighted by molar-refractivity contribution is -0.157. The van der Waals surface area contributed by atoms with Gasteiger partial charge in [0.25, 0.3) is 23.1 Å². The number of anilines is 1. The molecule has 0 spiro atoms. The Morgan fingerprint density at radius 3 is 2.41 bits per heavy atom. The highest BCUT2D eigenvalue weighted by Crippen LogP contribution is 2.66. The molecule has 3 aromatic rings. The van der Waals surface area contributed by atoms with E-state index in [1.54, 1.807) is 28.8 Å². The molecule has 3 aliphatic rings. The molecule has 1 unspecified atom stereocenters. The van der Waals surface area contributed by atoms with E-state index in [1.165, 1.54) is 47.5 Å². The van der Waals surface area contributed by atoms with Crippen LogP contribution >= 0.6 is 55.1 Å². The molecule has 1 aromatic heterocycles. The smallest absolute Gasteiger partial charge is 0.263 e. The molecule has 3 aliphatic heterocycles. The van der Waals surface area contributed by atoms with E-state index >= 15 is 0 Å². The van der Waals surface area contributed by atoms with Crippen LogP contribution < -0.4 is 4.31 Å². The van der Waals surface area contributed by atoms with Gasteiger partial charge >= 0.3 is 0 Å². The molecule has 39 heavy (non-hydrogen) atoms. The van der Waals surface area contributed by atoms with Gasteiger partial charge in [0.05, 0.1) is 16.6 Å². The van der Waals surface area contributed by atoms with Crippen molar-refractivity contribution >= 4 is 94.8 Å². The zero-order valence-corrected chi connectivity index (χ0v) is 26.4. The molecule has 1 N–H and O–H groups in total. The van der Waals surface area contributed by atoms with Gasteiger partial charge in [-0.1, -0.05) is 79.6 Å². The summed E-state index contributed by atoms with van der Waals surface area (Å²) >= 11 is -0.891. The summed E-state index contributed by atoms with van der Waals surface area (Å²) in [6.07, 6.45) is 7.24. The number of hydrogen-bond donors (Lipinski definition) is 1. The number of amides is 2. The van der Waals surface area contributed by atoms with Crippen LogP contribution in [-0.4, -0.2) is 76.6 Å². The fourth-order valence-corrected chi connectivity index (χ4v) is 12.1. The minimum atomic E-state index is -2.45. The van der Waals surface area contributed by atoms with Crippen LogP contribution in [0.4, 0.5) is 5.69 Å². The Morgan fingerprint density at radius 2 is 1.72 bits per heavy atom. The predicted molar refractivity (Wildman–Crippen MR) is 168 cm³/mol. The molecule has 2 saturated heterocycles. The molecule has 8 nitrogen and oxygen atoms in total. The lowest BCUT2D eigenvalue weighted by Gasteiger charge is -2.48. The second-order valence-electron chi connectivity index (χ2n) is 9.44. The minimum Gasteiger partial charge on any atom is -0.322 e. The van der Waals surface area contributed by atoms with Gasteiger partial charge in [0.1, 0.15) is 6.17 Å². The van der Waals surface area contributed by atoms with Crippen molar-refractivity contribution in [2.45, 2.75) is 28.2 Å². The number of aromatic nitrogens is 1. The number of nitrogens with zero attached hydrogens (tertiary/aromatic N) is 4. The van der Waals surface area contributed by atoms with E-state index in [1.807, 2.05) is 61.2 Å². The number of para-hydroxylation sites is 2. The first-order valence-electron chi connectivity index (χ1n) is 11.9. The van der Waals surface area contributed by atoms with Crippen molar-refractivity contribution in [3.05, 3.63) is 65.9 Å². The predicted octanol–water partition coefficient (Wildman–Crippen LogP) is 5.09. The highest BCUT2D eigenvalue weighted by molar-refractivity contribution is 8.77. The van der Waals surface area contributed by atoms with Gasteiger partial charge in [-0.15, -0.1) is 0 Å². The summed E-state index contributed by atoms with van der Waals surface area (Å²) in [6, 6.07) is 15.6. The zero-order chi connectivity index (χ0) is 27.7. The molecule has 0 bridgehead atoms. The third kappa shape index (κ3) is 3.64. The maximum Gasteiger partial charge on any atom is 0.263 e. The lowest BCUT2D eigenvalue weighted by Crippen LogP contribution is -2.69. The van der Waals surface area contributed by atoms with Crippen molar-refractivity contribution < 1.29 is 18.4 Å². The van der Waals surface area contributed by atoms with E-state index < -0.39 is 33.1 Å². The van der Waals surface area contributed by atoms with Gasteiger partial charge in [0.2, 0.25) is 0 Å². The Labute approximate surface area is 249 Å². The molecular formula is C25H26N4O4S6. The number of likely N-dealkylation sites (N-methyl/N-ethyl adjacent to an activating group) is 1. The van der Waals surface area contributed by atoms with E-state index in [9.17, 15) is 18.4 Å². The van der Waals surface area contributed by atoms with Crippen LogP contribution in [0.25, 0.3) is 10.9 Å². The molecule has 0 saturated carbocycles. The maximum absolute atomic E-state index is 14.5. The van der Waals surface area contributed by atoms with Gasteiger partial charge in [0, 0.05) is 31.3 Å². The summed E-state index contributed by atoms with van der Waals surface area (Å²) in [5, 5.41) is 0.244. The summed E-state index contributed by atoms with van der Waals surface area (Å²) < 4.78 is 27.5. The average Bonchev–Trinajstić information content (AvgIpc) is 3.54. The van der Waals surface area contributed by atoms with E-state index in [4.69, 9.17) is 0 Å². The third-order valence-electron chi connectivity index (χ3n) is 7.82. The Morgan fingerprint density at radius 1 is 1.00 bits per heavy atom. The van der Waals surface area contributed by atoms with E-state index in [2.05, 4.69) is 16.2 Å². The average molecular weight is 639 g/mol. The summed E-state index contributed by atoms with van der Waals surface area (Å²) in [5.41, 5.74) is 2.44. The number of piperazine rings is 1. The molecular weight excluding hydrogens is 613 g/mol. The second-order valence-corrected chi connectivity index (χ2v) is 16.3. The molecule has 0 radical (unpaired) electrons. The van der Waals surface area contributed by atoms with Crippen LogP contribution in [0.2, 0.25) is 0 Å². The summed E-state index contributed by atoms with van der Waals surface area (Å²) in [4.78, 5) is 30.8. The van der Waals surface area contributed by atoms with Crippen LogP contribution in [0.15, 0.2) is 54.7 Å². The molecule has 2 fully saturated rings. The monoisotopic (exact) mass is 638 g/mol. The van der Waals surface area contributed by atoms with Crippen molar-refractivity contribution in [3.63, 3.8) is 0 Å². The van der Waals surface area contributed by atoms with Crippen molar-refractivity contribution in [1.29, 1.82) is 0 Å². The number of hydrogen-bond acceptors (Lipinski definition) is 8. The van der Waals surface area contributed by atoms with E-state index in [-0.39, 0.29) is 18.2 Å². The minimum absolute atomic E-state index is 0.170. The Hall–Kier alpha value is -1.42. The second kappa shape index (κ2) is 10.1. The summed E-state index contributed by atoms with van der Waals surface area (Å²) in [5.74, 6) is -0.404. The first-order chi connectivity index (χ1) is 18.8. The standard InChI is InChI=1S/C25H26N4O4S6/c1-26-21(37-35-3)20(30)28-22-24(14-25(28,23(26)31)38-36-4,16-10-6-8-12-19(16)29(22)39(32)33)17-13-27(34-2)18-11-7-5-9-15(17)18/h5-13,21-22H,14H2,1-4H3,(H,32,33)/t21-,22-,24+,25-/m0/s1. The fourth-order valence-electron chi connectivity index (χ4n) is 6.48. The van der Waals surface area contributed by atoms with Crippen LogP contribution in [0.5, 0.6) is 0 Å². The number of carbonyl (C=O) groups excluding carboxylic acids is 2. The molecule has 14 heteroatoms. The number of fused-ring (bicyclic) bond motifs is 6. The van der Waals surface area contributed by atoms with E-state index in [0.29, 0.717) is 5.69 Å². The summed E-state index contributed by atoms with van der Waals surface area (Å²) in [6.45, 7) is 0. The summed E-state index contributed by atoms with van der Waals surface area (Å²) in [7, 11) is 7.22.